The largest absolute Gasteiger partial charge is 0.466 e. The van der Waals surface area contributed by atoms with Crippen LogP contribution in [0.15, 0.2) is 0 Å². The molecule has 1 N–H and O–H groups in total. The minimum atomic E-state index is -0.195. The number of likely N-dealkylation sites (tertiary alicyclic amines) is 1. The lowest BCUT2D eigenvalue weighted by Crippen LogP contribution is -2.51. The predicted molar refractivity (Wildman–Crippen MR) is 73.7 cm³/mol. The van der Waals surface area contributed by atoms with Gasteiger partial charge in [0, 0.05) is 12.6 Å². The van der Waals surface area contributed by atoms with Crippen molar-refractivity contribution in [3.05, 3.63) is 0 Å². The van der Waals surface area contributed by atoms with Crippen molar-refractivity contribution < 1.29 is 14.3 Å². The maximum atomic E-state index is 12.0. The zero-order valence-corrected chi connectivity index (χ0v) is 12.4. The van der Waals surface area contributed by atoms with E-state index < -0.39 is 0 Å². The van der Waals surface area contributed by atoms with Crippen LogP contribution >= 0.6 is 0 Å². The molecule has 0 radical (unpaired) electrons. The quantitative estimate of drug-likeness (QED) is 0.762. The molecule has 0 aromatic carbocycles. The van der Waals surface area contributed by atoms with E-state index in [9.17, 15) is 9.59 Å². The molecule has 110 valence electrons. The summed E-state index contributed by atoms with van der Waals surface area (Å²) in [5.41, 5.74) is 0. The lowest BCUT2D eigenvalue weighted by atomic mass is 9.97. The monoisotopic (exact) mass is 270 g/mol. The maximum Gasteiger partial charge on any atom is 0.310 e. The molecular formula is C14H26N2O3. The van der Waals surface area contributed by atoms with E-state index >= 15 is 0 Å². The van der Waals surface area contributed by atoms with Crippen molar-refractivity contribution in [1.82, 2.24) is 10.2 Å². The van der Waals surface area contributed by atoms with E-state index in [0.29, 0.717) is 13.2 Å². The Morgan fingerprint density at radius 1 is 1.37 bits per heavy atom. The number of ether oxygens (including phenoxy) is 1. The molecule has 1 heterocycles. The molecule has 0 saturated carbocycles. The highest BCUT2D eigenvalue weighted by atomic mass is 16.5. The van der Waals surface area contributed by atoms with Gasteiger partial charge in [0.1, 0.15) is 0 Å². The highest BCUT2D eigenvalue weighted by Gasteiger charge is 2.31. The molecule has 5 heteroatoms. The number of piperidine rings is 1. The van der Waals surface area contributed by atoms with Crippen LogP contribution in [0.1, 0.15) is 40.5 Å². The van der Waals surface area contributed by atoms with Gasteiger partial charge >= 0.3 is 5.97 Å². The number of esters is 1. The number of nitrogens with one attached hydrogen (secondary N) is 1. The van der Waals surface area contributed by atoms with E-state index in [2.05, 4.69) is 10.2 Å². The first kappa shape index (κ1) is 16.0. The van der Waals surface area contributed by atoms with Crippen molar-refractivity contribution in [2.45, 2.75) is 52.6 Å². The van der Waals surface area contributed by atoms with Gasteiger partial charge in [-0.05, 0) is 47.1 Å². The van der Waals surface area contributed by atoms with Crippen molar-refractivity contribution >= 4 is 11.9 Å². The van der Waals surface area contributed by atoms with E-state index in [4.69, 9.17) is 4.74 Å². The van der Waals surface area contributed by atoms with E-state index in [1.165, 1.54) is 0 Å². The molecule has 1 fully saturated rings. The first-order valence-electron chi connectivity index (χ1n) is 7.16. The average molecular weight is 270 g/mol. The molecule has 2 atom stereocenters. The van der Waals surface area contributed by atoms with Crippen molar-refractivity contribution in [2.24, 2.45) is 5.92 Å². The summed E-state index contributed by atoms with van der Waals surface area (Å²) in [4.78, 5) is 25.8. The van der Waals surface area contributed by atoms with Crippen molar-refractivity contribution in [3.8, 4) is 0 Å². The summed E-state index contributed by atoms with van der Waals surface area (Å²) in [7, 11) is 0. The highest BCUT2D eigenvalue weighted by Crippen LogP contribution is 2.19. The average Bonchev–Trinajstić information content (AvgIpc) is 2.37. The molecule has 1 aliphatic heterocycles. The zero-order valence-electron chi connectivity index (χ0n) is 12.4. The van der Waals surface area contributed by atoms with Gasteiger partial charge in [-0.15, -0.1) is 0 Å². The van der Waals surface area contributed by atoms with Crippen LogP contribution in [0.25, 0.3) is 0 Å². The zero-order chi connectivity index (χ0) is 14.4. The van der Waals surface area contributed by atoms with Crippen LogP contribution in [-0.4, -0.2) is 48.6 Å². The Labute approximate surface area is 115 Å². The summed E-state index contributed by atoms with van der Waals surface area (Å²) >= 11 is 0. The fourth-order valence-corrected chi connectivity index (χ4v) is 2.38. The van der Waals surface area contributed by atoms with Crippen LogP contribution in [0.5, 0.6) is 0 Å². The molecule has 1 saturated heterocycles. The third kappa shape index (κ3) is 4.82. The van der Waals surface area contributed by atoms with Crippen LogP contribution in [0.2, 0.25) is 0 Å². The Balaban J connectivity index is 2.54. The van der Waals surface area contributed by atoms with Crippen LogP contribution < -0.4 is 5.32 Å². The first-order valence-corrected chi connectivity index (χ1v) is 7.16. The number of rotatable bonds is 5. The fraction of sp³-hybridized carbons (Fsp3) is 0.857. The standard InChI is InChI=1S/C14H26N2O3/c1-5-19-14(18)12-7-6-8-16(9-12)11(4)13(17)15-10(2)3/h10-12H,5-9H2,1-4H3,(H,15,17)/t11?,12-/m0/s1. The molecule has 1 rings (SSSR count). The summed E-state index contributed by atoms with van der Waals surface area (Å²) in [6.45, 7) is 9.50. The summed E-state index contributed by atoms with van der Waals surface area (Å²) < 4.78 is 5.07. The van der Waals surface area contributed by atoms with Gasteiger partial charge < -0.3 is 10.1 Å². The molecule has 0 spiro atoms. The normalized spacial score (nSPS) is 22.1. The van der Waals surface area contributed by atoms with Crippen LogP contribution in [0, 0.1) is 5.92 Å². The predicted octanol–water partition coefficient (Wildman–Crippen LogP) is 1.17. The summed E-state index contributed by atoms with van der Waals surface area (Å²) in [5.74, 6) is -0.203. The minimum Gasteiger partial charge on any atom is -0.466 e. The van der Waals surface area contributed by atoms with E-state index in [1.807, 2.05) is 27.7 Å². The number of nitrogens with zero attached hydrogens (tertiary/aromatic N) is 1. The van der Waals surface area contributed by atoms with Crippen molar-refractivity contribution in [3.63, 3.8) is 0 Å². The molecule has 1 unspecified atom stereocenters. The summed E-state index contributed by atoms with van der Waals surface area (Å²) in [5, 5.41) is 2.91. The molecule has 19 heavy (non-hydrogen) atoms. The van der Waals surface area contributed by atoms with Gasteiger partial charge in [0.05, 0.1) is 18.6 Å². The molecule has 0 bridgehead atoms. The van der Waals surface area contributed by atoms with Crippen LogP contribution in [0.4, 0.5) is 0 Å². The second kappa shape index (κ2) is 7.48. The summed E-state index contributed by atoms with van der Waals surface area (Å²) in [6.07, 6.45) is 1.79. The third-order valence-corrected chi connectivity index (χ3v) is 3.43. The third-order valence-electron chi connectivity index (χ3n) is 3.43. The first-order chi connectivity index (χ1) is 8.95. The molecule has 0 aromatic heterocycles. The topological polar surface area (TPSA) is 58.6 Å². The number of hydrogen-bond acceptors (Lipinski definition) is 4. The Kier molecular flexibility index (Phi) is 6.28. The molecule has 1 amide bonds. The molecule has 1 aliphatic rings. The Bertz CT molecular complexity index is 318. The molecular weight excluding hydrogens is 244 g/mol. The maximum absolute atomic E-state index is 12.0. The molecule has 5 nitrogen and oxygen atoms in total. The number of amides is 1. The lowest BCUT2D eigenvalue weighted by Gasteiger charge is -2.35. The van der Waals surface area contributed by atoms with Crippen LogP contribution in [0.3, 0.4) is 0 Å². The van der Waals surface area contributed by atoms with Crippen molar-refractivity contribution in [1.29, 1.82) is 0 Å². The smallest absolute Gasteiger partial charge is 0.310 e. The minimum absolute atomic E-state index is 0.0273. The number of carbonyl (C=O) groups excluding carboxylic acids is 2. The van der Waals surface area contributed by atoms with E-state index in [1.54, 1.807) is 0 Å². The van der Waals surface area contributed by atoms with Crippen molar-refractivity contribution in [2.75, 3.05) is 19.7 Å². The SMILES string of the molecule is CCOC(=O)[C@H]1CCCN(C(C)C(=O)NC(C)C)C1. The van der Waals surface area contributed by atoms with Crippen LogP contribution in [-0.2, 0) is 14.3 Å². The van der Waals surface area contributed by atoms with Gasteiger partial charge in [-0.2, -0.15) is 0 Å². The fourth-order valence-electron chi connectivity index (χ4n) is 2.38. The molecule has 0 aliphatic carbocycles. The Morgan fingerprint density at radius 2 is 2.05 bits per heavy atom. The van der Waals surface area contributed by atoms with Gasteiger partial charge in [0.2, 0.25) is 5.91 Å². The Hall–Kier alpha value is -1.10. The van der Waals surface area contributed by atoms with Gasteiger partial charge in [0.15, 0.2) is 0 Å². The Morgan fingerprint density at radius 3 is 2.63 bits per heavy atom. The molecule has 0 aromatic rings. The number of hydrogen-bond donors (Lipinski definition) is 1. The van der Waals surface area contributed by atoms with Gasteiger partial charge in [0.25, 0.3) is 0 Å². The van der Waals surface area contributed by atoms with E-state index in [-0.39, 0.29) is 29.9 Å². The van der Waals surface area contributed by atoms with Gasteiger partial charge in [-0.3, -0.25) is 14.5 Å². The second-order valence-electron chi connectivity index (χ2n) is 5.43. The van der Waals surface area contributed by atoms with Gasteiger partial charge in [-0.1, -0.05) is 0 Å². The van der Waals surface area contributed by atoms with E-state index in [0.717, 1.165) is 19.4 Å². The van der Waals surface area contributed by atoms with Gasteiger partial charge in [-0.25, -0.2) is 0 Å². The number of carbonyl (C=O) groups is 2. The lowest BCUT2D eigenvalue weighted by molar-refractivity contribution is -0.151. The summed E-state index contributed by atoms with van der Waals surface area (Å²) in [6, 6.07) is -0.0554. The second-order valence-corrected chi connectivity index (χ2v) is 5.43. The highest BCUT2D eigenvalue weighted by molar-refractivity contribution is 5.81.